The Hall–Kier alpha value is -0.570. The van der Waals surface area contributed by atoms with Crippen LogP contribution in [0.15, 0.2) is 0 Å². The monoisotopic (exact) mass is 285 g/mol. The van der Waals surface area contributed by atoms with E-state index in [1.807, 2.05) is 0 Å². The molecule has 0 aliphatic carbocycles. The second kappa shape index (κ2) is 14.8. The van der Waals surface area contributed by atoms with Gasteiger partial charge in [-0.25, -0.2) is 0 Å². The largest absolute Gasteiger partial charge is 0.392 e. The molecule has 0 aliphatic heterocycles. The van der Waals surface area contributed by atoms with E-state index in [9.17, 15) is 4.79 Å². The maximum Gasteiger partial charge on any atom is 0.220 e. The third kappa shape index (κ3) is 15.5. The lowest BCUT2D eigenvalue weighted by Gasteiger charge is -2.06. The Morgan fingerprint density at radius 3 is 1.80 bits per heavy atom. The lowest BCUT2D eigenvalue weighted by atomic mass is 10.1. The van der Waals surface area contributed by atoms with Gasteiger partial charge < -0.3 is 10.4 Å². The van der Waals surface area contributed by atoms with Crippen LogP contribution < -0.4 is 5.32 Å². The van der Waals surface area contributed by atoms with Crippen molar-refractivity contribution in [1.29, 1.82) is 0 Å². The number of aliphatic hydroxyl groups is 1. The van der Waals surface area contributed by atoms with Gasteiger partial charge in [0, 0.05) is 13.0 Å². The Kier molecular flexibility index (Phi) is 14.4. The number of carbonyl (C=O) groups excluding carboxylic acids is 1. The van der Waals surface area contributed by atoms with Gasteiger partial charge in [-0.1, -0.05) is 71.1 Å². The molecular formula is C17H35NO2. The normalized spacial score (nSPS) is 12.3. The van der Waals surface area contributed by atoms with Crippen LogP contribution in [-0.2, 0) is 4.79 Å². The van der Waals surface area contributed by atoms with Crippen molar-refractivity contribution in [2.75, 3.05) is 6.54 Å². The third-order valence-electron chi connectivity index (χ3n) is 3.60. The summed E-state index contributed by atoms with van der Waals surface area (Å²) in [7, 11) is 0. The van der Waals surface area contributed by atoms with E-state index in [0.29, 0.717) is 13.0 Å². The summed E-state index contributed by atoms with van der Waals surface area (Å²) in [6, 6.07) is 0. The molecule has 3 nitrogen and oxygen atoms in total. The first-order chi connectivity index (χ1) is 9.66. The molecule has 0 aromatic rings. The summed E-state index contributed by atoms with van der Waals surface area (Å²) in [6.07, 6.45) is 14.5. The molecule has 0 heterocycles. The van der Waals surface area contributed by atoms with E-state index in [1.54, 1.807) is 6.92 Å². The van der Waals surface area contributed by atoms with E-state index in [4.69, 9.17) is 5.11 Å². The number of hydrogen-bond donors (Lipinski definition) is 2. The highest BCUT2D eigenvalue weighted by Gasteiger charge is 2.02. The van der Waals surface area contributed by atoms with Crippen molar-refractivity contribution in [1.82, 2.24) is 5.32 Å². The number of amides is 1. The molecule has 0 aromatic heterocycles. The van der Waals surface area contributed by atoms with Crippen molar-refractivity contribution >= 4 is 5.91 Å². The quantitative estimate of drug-likeness (QED) is 0.470. The fraction of sp³-hybridized carbons (Fsp3) is 0.941. The number of rotatable bonds is 14. The Morgan fingerprint density at radius 2 is 1.35 bits per heavy atom. The van der Waals surface area contributed by atoms with Crippen LogP contribution in [0.3, 0.4) is 0 Å². The van der Waals surface area contributed by atoms with Crippen LogP contribution in [0.5, 0.6) is 0 Å². The van der Waals surface area contributed by atoms with E-state index >= 15 is 0 Å². The van der Waals surface area contributed by atoms with Gasteiger partial charge in [0.15, 0.2) is 0 Å². The van der Waals surface area contributed by atoms with Gasteiger partial charge >= 0.3 is 0 Å². The number of unbranched alkanes of at least 4 members (excludes halogenated alkanes) is 10. The van der Waals surface area contributed by atoms with Gasteiger partial charge in [0.1, 0.15) is 0 Å². The van der Waals surface area contributed by atoms with Gasteiger partial charge in [-0.3, -0.25) is 4.79 Å². The zero-order valence-corrected chi connectivity index (χ0v) is 13.6. The van der Waals surface area contributed by atoms with Gasteiger partial charge in [0.25, 0.3) is 0 Å². The number of aliphatic hydroxyl groups excluding tert-OH is 1. The first-order valence-corrected chi connectivity index (χ1v) is 8.61. The van der Waals surface area contributed by atoms with Crippen molar-refractivity contribution < 1.29 is 9.90 Å². The number of carbonyl (C=O) groups is 1. The zero-order valence-electron chi connectivity index (χ0n) is 13.6. The van der Waals surface area contributed by atoms with Crippen molar-refractivity contribution in [3.8, 4) is 0 Å². The number of hydrogen-bond acceptors (Lipinski definition) is 2. The highest BCUT2D eigenvalue weighted by Crippen LogP contribution is 2.11. The summed E-state index contributed by atoms with van der Waals surface area (Å²) in [4.78, 5) is 11.4. The van der Waals surface area contributed by atoms with Crippen LogP contribution in [0.25, 0.3) is 0 Å². The lowest BCUT2D eigenvalue weighted by molar-refractivity contribution is -0.121. The zero-order chi connectivity index (χ0) is 15.1. The van der Waals surface area contributed by atoms with Gasteiger partial charge in [-0.05, 0) is 13.3 Å². The summed E-state index contributed by atoms with van der Waals surface area (Å²) in [5.74, 6) is 0.0711. The molecule has 0 unspecified atom stereocenters. The van der Waals surface area contributed by atoms with Crippen molar-refractivity contribution in [3.63, 3.8) is 0 Å². The third-order valence-corrected chi connectivity index (χ3v) is 3.60. The Balaban J connectivity index is 3.11. The molecule has 0 radical (unpaired) electrons. The average molecular weight is 285 g/mol. The molecular weight excluding hydrogens is 250 g/mol. The average Bonchev–Trinajstić information content (AvgIpc) is 2.42. The molecule has 3 heteroatoms. The molecule has 0 rings (SSSR count). The summed E-state index contributed by atoms with van der Waals surface area (Å²) in [5.41, 5.74) is 0. The minimum atomic E-state index is -0.448. The molecule has 0 saturated heterocycles. The van der Waals surface area contributed by atoms with E-state index in [-0.39, 0.29) is 5.91 Å². The van der Waals surface area contributed by atoms with Crippen molar-refractivity contribution in [2.24, 2.45) is 0 Å². The SMILES string of the molecule is CCCCCCCCCCCCCC(=O)NC[C@H](C)O. The molecule has 20 heavy (non-hydrogen) atoms. The molecule has 0 bridgehead atoms. The summed E-state index contributed by atoms with van der Waals surface area (Å²) >= 11 is 0. The molecule has 120 valence electrons. The fourth-order valence-electron chi connectivity index (χ4n) is 2.30. The van der Waals surface area contributed by atoms with Gasteiger partial charge in [0.2, 0.25) is 5.91 Å². The Morgan fingerprint density at radius 1 is 0.900 bits per heavy atom. The van der Waals surface area contributed by atoms with Crippen LogP contribution in [0.2, 0.25) is 0 Å². The maximum absolute atomic E-state index is 11.4. The molecule has 0 aromatic carbocycles. The molecule has 0 aliphatic rings. The topological polar surface area (TPSA) is 49.3 Å². The summed E-state index contributed by atoms with van der Waals surface area (Å²) in [5, 5.41) is 11.8. The first-order valence-electron chi connectivity index (χ1n) is 8.61. The van der Waals surface area contributed by atoms with Crippen LogP contribution in [0.1, 0.15) is 90.9 Å². The standard InChI is InChI=1S/C17H35NO2/c1-3-4-5-6-7-8-9-10-11-12-13-14-17(20)18-15-16(2)19/h16,19H,3-15H2,1-2H3,(H,18,20)/t16-/m0/s1. The summed E-state index contributed by atoms with van der Waals surface area (Å²) < 4.78 is 0. The van der Waals surface area contributed by atoms with Crippen LogP contribution in [-0.4, -0.2) is 23.7 Å². The van der Waals surface area contributed by atoms with Gasteiger partial charge in [-0.2, -0.15) is 0 Å². The fourth-order valence-corrected chi connectivity index (χ4v) is 2.30. The van der Waals surface area contributed by atoms with E-state index in [0.717, 1.165) is 12.8 Å². The van der Waals surface area contributed by atoms with Gasteiger partial charge in [0.05, 0.1) is 6.10 Å². The molecule has 0 spiro atoms. The maximum atomic E-state index is 11.4. The van der Waals surface area contributed by atoms with Crippen molar-refractivity contribution in [3.05, 3.63) is 0 Å². The van der Waals surface area contributed by atoms with E-state index in [2.05, 4.69) is 12.2 Å². The Labute approximate surface area is 125 Å². The highest BCUT2D eigenvalue weighted by molar-refractivity contribution is 5.75. The highest BCUT2D eigenvalue weighted by atomic mass is 16.3. The van der Waals surface area contributed by atoms with Crippen LogP contribution in [0, 0.1) is 0 Å². The Bertz CT molecular complexity index is 217. The minimum absolute atomic E-state index is 0.0711. The first kappa shape index (κ1) is 19.4. The second-order valence-electron chi connectivity index (χ2n) is 5.94. The van der Waals surface area contributed by atoms with E-state index in [1.165, 1.54) is 57.8 Å². The van der Waals surface area contributed by atoms with Gasteiger partial charge in [-0.15, -0.1) is 0 Å². The molecule has 0 saturated carbocycles. The van der Waals surface area contributed by atoms with Crippen LogP contribution >= 0.6 is 0 Å². The van der Waals surface area contributed by atoms with E-state index < -0.39 is 6.10 Å². The summed E-state index contributed by atoms with van der Waals surface area (Å²) in [6.45, 7) is 4.31. The second-order valence-corrected chi connectivity index (χ2v) is 5.94. The minimum Gasteiger partial charge on any atom is -0.392 e. The molecule has 2 N–H and O–H groups in total. The lowest BCUT2D eigenvalue weighted by Crippen LogP contribution is -2.30. The predicted octanol–water partition coefficient (Wildman–Crippen LogP) is 4.18. The van der Waals surface area contributed by atoms with Crippen LogP contribution in [0.4, 0.5) is 0 Å². The smallest absolute Gasteiger partial charge is 0.220 e. The molecule has 1 atom stereocenters. The molecule has 0 fully saturated rings. The molecule has 1 amide bonds. The predicted molar refractivity (Wildman–Crippen MR) is 85.8 cm³/mol. The van der Waals surface area contributed by atoms with Crippen molar-refractivity contribution in [2.45, 2.75) is 97.0 Å². The number of nitrogens with one attached hydrogen (secondary N) is 1.